The Morgan fingerprint density at radius 2 is 2.06 bits per heavy atom. The lowest BCUT2D eigenvalue weighted by molar-refractivity contribution is 0.625. The quantitative estimate of drug-likeness (QED) is 0.889. The van der Waals surface area contributed by atoms with Gasteiger partial charge in [0.15, 0.2) is 0 Å². The molecule has 18 heavy (non-hydrogen) atoms. The van der Waals surface area contributed by atoms with E-state index >= 15 is 0 Å². The van der Waals surface area contributed by atoms with Crippen LogP contribution in [-0.4, -0.2) is 0 Å². The number of anilines is 1. The van der Waals surface area contributed by atoms with E-state index in [4.69, 9.17) is 5.26 Å². The smallest absolute Gasteiger partial charge is 0.124 e. The van der Waals surface area contributed by atoms with Gasteiger partial charge in [-0.15, -0.1) is 0 Å². The summed E-state index contributed by atoms with van der Waals surface area (Å²) in [4.78, 5) is 0. The molecule has 0 aromatic heterocycles. The van der Waals surface area contributed by atoms with Gasteiger partial charge in [-0.05, 0) is 48.4 Å². The van der Waals surface area contributed by atoms with Crippen molar-refractivity contribution in [2.75, 3.05) is 5.32 Å². The number of hydrogen-bond donors (Lipinski definition) is 1. The van der Waals surface area contributed by atoms with Crippen molar-refractivity contribution in [1.82, 2.24) is 0 Å². The molecule has 0 aliphatic rings. The Kier molecular flexibility index (Phi) is 3.59. The Bertz CT molecular complexity index is 600. The van der Waals surface area contributed by atoms with Crippen LogP contribution in [0.3, 0.4) is 0 Å². The molecule has 0 aliphatic carbocycles. The highest BCUT2D eigenvalue weighted by Gasteiger charge is 2.00. The first-order chi connectivity index (χ1) is 8.67. The molecule has 90 valence electrons. The van der Waals surface area contributed by atoms with Crippen LogP contribution in [0.1, 0.15) is 16.7 Å². The van der Waals surface area contributed by atoms with Crippen LogP contribution in [0.2, 0.25) is 0 Å². The van der Waals surface area contributed by atoms with Crippen molar-refractivity contribution in [2.45, 2.75) is 13.5 Å². The molecular formula is C15H13FN2. The molecule has 1 N–H and O–H groups in total. The number of nitrogens with zero attached hydrogens (tertiary/aromatic N) is 1. The van der Waals surface area contributed by atoms with Gasteiger partial charge in [0.25, 0.3) is 0 Å². The predicted octanol–water partition coefficient (Wildman–Crippen LogP) is 3.62. The first-order valence-electron chi connectivity index (χ1n) is 5.67. The summed E-state index contributed by atoms with van der Waals surface area (Å²) in [5, 5.41) is 12.0. The van der Waals surface area contributed by atoms with Crippen LogP contribution in [0.15, 0.2) is 42.5 Å². The number of benzene rings is 2. The van der Waals surface area contributed by atoms with E-state index in [1.165, 1.54) is 12.1 Å². The maximum atomic E-state index is 13.2. The molecule has 0 fully saturated rings. The molecule has 0 heterocycles. The fourth-order valence-electron chi connectivity index (χ4n) is 1.78. The summed E-state index contributed by atoms with van der Waals surface area (Å²) < 4.78 is 13.2. The second-order valence-corrected chi connectivity index (χ2v) is 4.18. The lowest BCUT2D eigenvalue weighted by atomic mass is 10.1. The fourth-order valence-corrected chi connectivity index (χ4v) is 1.78. The van der Waals surface area contributed by atoms with Gasteiger partial charge >= 0.3 is 0 Å². The number of nitrogens with one attached hydrogen (secondary N) is 1. The highest BCUT2D eigenvalue weighted by Crippen LogP contribution is 2.13. The van der Waals surface area contributed by atoms with Crippen LogP contribution in [-0.2, 0) is 6.54 Å². The van der Waals surface area contributed by atoms with Gasteiger partial charge in [0.2, 0.25) is 0 Å². The third-order valence-electron chi connectivity index (χ3n) is 2.60. The third kappa shape index (κ3) is 3.08. The van der Waals surface area contributed by atoms with Crippen molar-refractivity contribution in [3.63, 3.8) is 0 Å². The number of nitriles is 1. The third-order valence-corrected chi connectivity index (χ3v) is 2.60. The molecular weight excluding hydrogens is 227 g/mol. The van der Waals surface area contributed by atoms with Gasteiger partial charge in [-0.1, -0.05) is 12.1 Å². The first kappa shape index (κ1) is 12.1. The second-order valence-electron chi connectivity index (χ2n) is 4.18. The molecule has 0 amide bonds. The normalized spacial score (nSPS) is 9.83. The van der Waals surface area contributed by atoms with Crippen LogP contribution >= 0.6 is 0 Å². The highest BCUT2D eigenvalue weighted by molar-refractivity contribution is 5.46. The molecule has 0 saturated carbocycles. The van der Waals surface area contributed by atoms with E-state index < -0.39 is 0 Å². The summed E-state index contributed by atoms with van der Waals surface area (Å²) in [6.45, 7) is 2.51. The van der Waals surface area contributed by atoms with E-state index in [0.717, 1.165) is 16.8 Å². The summed E-state index contributed by atoms with van der Waals surface area (Å²) >= 11 is 0. The minimum Gasteiger partial charge on any atom is -0.381 e. The van der Waals surface area contributed by atoms with Crippen LogP contribution < -0.4 is 5.32 Å². The van der Waals surface area contributed by atoms with Gasteiger partial charge < -0.3 is 5.32 Å². The second kappa shape index (κ2) is 5.33. The Hall–Kier alpha value is -2.34. The monoisotopic (exact) mass is 240 g/mol. The average Bonchev–Trinajstić information content (AvgIpc) is 2.36. The van der Waals surface area contributed by atoms with Crippen molar-refractivity contribution < 1.29 is 4.39 Å². The van der Waals surface area contributed by atoms with Crippen LogP contribution in [0.25, 0.3) is 0 Å². The van der Waals surface area contributed by atoms with Crippen molar-refractivity contribution in [2.24, 2.45) is 0 Å². The largest absolute Gasteiger partial charge is 0.381 e. The van der Waals surface area contributed by atoms with E-state index in [0.29, 0.717) is 12.1 Å². The maximum absolute atomic E-state index is 13.2. The molecule has 2 nitrogen and oxygen atoms in total. The zero-order valence-electron chi connectivity index (χ0n) is 10.1. The number of aryl methyl sites for hydroxylation is 1. The predicted molar refractivity (Wildman–Crippen MR) is 69.6 cm³/mol. The summed E-state index contributed by atoms with van der Waals surface area (Å²) in [7, 11) is 0. The molecule has 0 radical (unpaired) electrons. The summed E-state index contributed by atoms with van der Waals surface area (Å²) in [6, 6.07) is 14.3. The lowest BCUT2D eigenvalue weighted by Gasteiger charge is -2.07. The SMILES string of the molecule is Cc1cccc(NCc2cc(F)cc(C#N)c2)c1. The summed E-state index contributed by atoms with van der Waals surface area (Å²) in [6.07, 6.45) is 0. The van der Waals surface area contributed by atoms with E-state index in [-0.39, 0.29) is 5.82 Å². The first-order valence-corrected chi connectivity index (χ1v) is 5.67. The Labute approximate surface area is 106 Å². The molecule has 2 aromatic rings. The van der Waals surface area contributed by atoms with E-state index in [2.05, 4.69) is 5.32 Å². The number of rotatable bonds is 3. The molecule has 0 spiro atoms. The zero-order valence-corrected chi connectivity index (χ0v) is 10.1. The average molecular weight is 240 g/mol. The number of halogens is 1. The maximum Gasteiger partial charge on any atom is 0.124 e. The zero-order chi connectivity index (χ0) is 13.0. The van der Waals surface area contributed by atoms with Crippen molar-refractivity contribution in [1.29, 1.82) is 5.26 Å². The summed E-state index contributed by atoms with van der Waals surface area (Å²) in [5.74, 6) is -0.380. The summed E-state index contributed by atoms with van der Waals surface area (Å²) in [5.41, 5.74) is 3.25. The number of hydrogen-bond acceptors (Lipinski definition) is 2. The van der Waals surface area contributed by atoms with Crippen LogP contribution in [0, 0.1) is 24.1 Å². The Morgan fingerprint density at radius 1 is 1.22 bits per heavy atom. The van der Waals surface area contributed by atoms with Gasteiger partial charge in [0.05, 0.1) is 11.6 Å². The van der Waals surface area contributed by atoms with Gasteiger partial charge in [0, 0.05) is 12.2 Å². The molecule has 0 atom stereocenters. The van der Waals surface area contributed by atoms with Crippen molar-refractivity contribution >= 4 is 5.69 Å². The molecule has 0 saturated heterocycles. The van der Waals surface area contributed by atoms with E-state index in [1.54, 1.807) is 6.07 Å². The Balaban J connectivity index is 2.11. The highest BCUT2D eigenvalue weighted by atomic mass is 19.1. The molecule has 0 bridgehead atoms. The van der Waals surface area contributed by atoms with Crippen molar-refractivity contribution in [3.05, 3.63) is 65.0 Å². The molecule has 0 unspecified atom stereocenters. The molecule has 0 aliphatic heterocycles. The van der Waals surface area contributed by atoms with Crippen LogP contribution in [0.5, 0.6) is 0 Å². The van der Waals surface area contributed by atoms with Crippen LogP contribution in [0.4, 0.5) is 10.1 Å². The minimum absolute atomic E-state index is 0.344. The molecule has 2 rings (SSSR count). The lowest BCUT2D eigenvalue weighted by Crippen LogP contribution is -2.00. The van der Waals surface area contributed by atoms with E-state index in [1.807, 2.05) is 37.3 Å². The van der Waals surface area contributed by atoms with Crippen molar-refractivity contribution in [3.8, 4) is 6.07 Å². The molecule has 3 heteroatoms. The van der Waals surface area contributed by atoms with E-state index in [9.17, 15) is 4.39 Å². The molecule has 2 aromatic carbocycles. The van der Waals surface area contributed by atoms with Gasteiger partial charge in [-0.3, -0.25) is 0 Å². The van der Waals surface area contributed by atoms with Gasteiger partial charge in [-0.2, -0.15) is 5.26 Å². The minimum atomic E-state index is -0.380. The topological polar surface area (TPSA) is 35.8 Å². The van der Waals surface area contributed by atoms with Gasteiger partial charge in [0.1, 0.15) is 5.82 Å². The standard InChI is InChI=1S/C15H13FN2/c1-11-3-2-4-15(5-11)18-10-13-6-12(9-17)7-14(16)8-13/h2-8,18H,10H2,1H3. The van der Waals surface area contributed by atoms with Gasteiger partial charge in [-0.25, -0.2) is 4.39 Å². The fraction of sp³-hybridized carbons (Fsp3) is 0.133. The Morgan fingerprint density at radius 3 is 2.78 bits per heavy atom.